The molecule has 0 radical (unpaired) electrons. The molecule has 1 N–H and O–H groups in total. The molecule has 20 heavy (non-hydrogen) atoms. The van der Waals surface area contributed by atoms with E-state index in [-0.39, 0.29) is 5.91 Å². The van der Waals surface area contributed by atoms with Gasteiger partial charge in [-0.15, -0.1) is 0 Å². The van der Waals surface area contributed by atoms with Crippen molar-refractivity contribution in [1.29, 1.82) is 0 Å². The molecule has 1 aromatic heterocycles. The number of nitrogens with zero attached hydrogens (tertiary/aromatic N) is 1. The number of aromatic nitrogens is 1. The van der Waals surface area contributed by atoms with Crippen LogP contribution in [0.1, 0.15) is 10.4 Å². The first kappa shape index (κ1) is 12.8. The van der Waals surface area contributed by atoms with Crippen molar-refractivity contribution in [1.82, 2.24) is 4.57 Å². The van der Waals surface area contributed by atoms with Gasteiger partial charge in [0.2, 0.25) is 0 Å². The summed E-state index contributed by atoms with van der Waals surface area (Å²) in [6.45, 7) is 0. The molecule has 0 aliphatic heterocycles. The van der Waals surface area contributed by atoms with Crippen molar-refractivity contribution in [2.45, 2.75) is 0 Å². The van der Waals surface area contributed by atoms with E-state index < -0.39 is 0 Å². The van der Waals surface area contributed by atoms with E-state index in [0.717, 1.165) is 10.9 Å². The van der Waals surface area contributed by atoms with Gasteiger partial charge in [-0.1, -0.05) is 23.7 Å². The first-order valence-corrected chi connectivity index (χ1v) is 6.64. The van der Waals surface area contributed by atoms with Gasteiger partial charge in [-0.2, -0.15) is 0 Å². The normalized spacial score (nSPS) is 10.7. The van der Waals surface area contributed by atoms with Gasteiger partial charge in [0.25, 0.3) is 5.91 Å². The van der Waals surface area contributed by atoms with Crippen LogP contribution < -0.4 is 5.32 Å². The monoisotopic (exact) mass is 284 g/mol. The van der Waals surface area contributed by atoms with Crippen molar-refractivity contribution in [3.8, 4) is 0 Å². The van der Waals surface area contributed by atoms with Crippen molar-refractivity contribution >= 4 is 34.1 Å². The van der Waals surface area contributed by atoms with E-state index in [1.54, 1.807) is 12.1 Å². The topological polar surface area (TPSA) is 34.0 Å². The number of halogens is 1. The summed E-state index contributed by atoms with van der Waals surface area (Å²) in [5, 5.41) is 4.39. The van der Waals surface area contributed by atoms with Gasteiger partial charge >= 0.3 is 0 Å². The number of para-hydroxylation sites is 1. The number of fused-ring (bicyclic) bond motifs is 1. The molecule has 100 valence electrons. The first-order valence-electron chi connectivity index (χ1n) is 6.26. The quantitative estimate of drug-likeness (QED) is 0.756. The summed E-state index contributed by atoms with van der Waals surface area (Å²) in [6.07, 6.45) is 1.97. The summed E-state index contributed by atoms with van der Waals surface area (Å²) < 4.78 is 2.02. The van der Waals surface area contributed by atoms with E-state index in [4.69, 9.17) is 11.6 Å². The summed E-state index contributed by atoms with van der Waals surface area (Å²) in [7, 11) is 1.98. The SMILES string of the molecule is Cn1ccc2cc(C(=O)Nc3ccccc3Cl)ccc21. The van der Waals surface area contributed by atoms with Gasteiger partial charge < -0.3 is 9.88 Å². The number of aryl methyl sites for hydroxylation is 1. The smallest absolute Gasteiger partial charge is 0.255 e. The van der Waals surface area contributed by atoms with Gasteiger partial charge in [0.05, 0.1) is 10.7 Å². The van der Waals surface area contributed by atoms with Crippen molar-refractivity contribution in [3.63, 3.8) is 0 Å². The number of rotatable bonds is 2. The molecule has 2 aromatic carbocycles. The Morgan fingerprint density at radius 3 is 2.75 bits per heavy atom. The second kappa shape index (κ2) is 5.02. The third-order valence-corrected chi connectivity index (χ3v) is 3.60. The molecule has 0 atom stereocenters. The number of carbonyl (C=O) groups is 1. The lowest BCUT2D eigenvalue weighted by Gasteiger charge is -2.07. The zero-order valence-electron chi connectivity index (χ0n) is 10.9. The average molecular weight is 285 g/mol. The van der Waals surface area contributed by atoms with E-state index >= 15 is 0 Å². The van der Waals surface area contributed by atoms with Gasteiger partial charge in [0.15, 0.2) is 0 Å². The van der Waals surface area contributed by atoms with Crippen LogP contribution in [0.15, 0.2) is 54.7 Å². The van der Waals surface area contributed by atoms with Gasteiger partial charge in [-0.3, -0.25) is 4.79 Å². The van der Waals surface area contributed by atoms with Crippen molar-refractivity contribution in [3.05, 3.63) is 65.3 Å². The fourth-order valence-corrected chi connectivity index (χ4v) is 2.36. The lowest BCUT2D eigenvalue weighted by atomic mass is 10.1. The molecule has 1 amide bonds. The molecular weight excluding hydrogens is 272 g/mol. The van der Waals surface area contributed by atoms with Crippen LogP contribution in [0.25, 0.3) is 10.9 Å². The Bertz CT molecular complexity index is 792. The zero-order valence-corrected chi connectivity index (χ0v) is 11.7. The second-order valence-electron chi connectivity index (χ2n) is 4.63. The number of hydrogen-bond donors (Lipinski definition) is 1. The van der Waals surface area contributed by atoms with Gasteiger partial charge in [0.1, 0.15) is 0 Å². The Hall–Kier alpha value is -2.26. The molecular formula is C16H13ClN2O. The predicted molar refractivity (Wildman–Crippen MR) is 82.3 cm³/mol. The van der Waals surface area contributed by atoms with Crippen LogP contribution >= 0.6 is 11.6 Å². The maximum absolute atomic E-state index is 12.2. The highest BCUT2D eigenvalue weighted by atomic mass is 35.5. The maximum atomic E-state index is 12.2. The highest BCUT2D eigenvalue weighted by Crippen LogP contribution is 2.22. The van der Waals surface area contributed by atoms with Crippen LogP contribution in [0.5, 0.6) is 0 Å². The first-order chi connectivity index (χ1) is 9.65. The lowest BCUT2D eigenvalue weighted by molar-refractivity contribution is 0.102. The average Bonchev–Trinajstić information content (AvgIpc) is 2.82. The number of nitrogens with one attached hydrogen (secondary N) is 1. The van der Waals surface area contributed by atoms with Crippen LogP contribution in [0.2, 0.25) is 5.02 Å². The number of amides is 1. The van der Waals surface area contributed by atoms with Crippen LogP contribution in [-0.2, 0) is 7.05 Å². The molecule has 0 saturated carbocycles. The molecule has 1 heterocycles. The van der Waals surface area contributed by atoms with Gasteiger partial charge in [0, 0.05) is 29.7 Å². The minimum atomic E-state index is -0.163. The summed E-state index contributed by atoms with van der Waals surface area (Å²) >= 11 is 6.04. The Labute approximate surface area is 121 Å². The maximum Gasteiger partial charge on any atom is 0.255 e. The molecule has 3 rings (SSSR count). The standard InChI is InChI=1S/C16H13ClN2O/c1-19-9-8-11-10-12(6-7-15(11)19)16(20)18-14-5-3-2-4-13(14)17/h2-10H,1H3,(H,18,20). The number of anilines is 1. The molecule has 0 aliphatic carbocycles. The van der Waals surface area contributed by atoms with Crippen LogP contribution in [0.4, 0.5) is 5.69 Å². The summed E-state index contributed by atoms with van der Waals surface area (Å²) in [6, 6.07) is 14.8. The van der Waals surface area contributed by atoms with Crippen LogP contribution in [-0.4, -0.2) is 10.5 Å². The fourth-order valence-electron chi connectivity index (χ4n) is 2.18. The van der Waals surface area contributed by atoms with E-state index in [1.165, 1.54) is 0 Å². The van der Waals surface area contributed by atoms with Crippen molar-refractivity contribution in [2.24, 2.45) is 7.05 Å². The van der Waals surface area contributed by atoms with Gasteiger partial charge in [-0.25, -0.2) is 0 Å². The molecule has 0 saturated heterocycles. The fraction of sp³-hybridized carbons (Fsp3) is 0.0625. The summed E-state index contributed by atoms with van der Waals surface area (Å²) in [4.78, 5) is 12.2. The van der Waals surface area contributed by atoms with E-state index in [9.17, 15) is 4.79 Å². The van der Waals surface area contributed by atoms with Crippen LogP contribution in [0.3, 0.4) is 0 Å². The molecule has 3 nitrogen and oxygen atoms in total. The van der Waals surface area contributed by atoms with Crippen LogP contribution in [0, 0.1) is 0 Å². The zero-order chi connectivity index (χ0) is 14.1. The minimum absolute atomic E-state index is 0.163. The minimum Gasteiger partial charge on any atom is -0.351 e. The van der Waals surface area contributed by atoms with E-state index in [2.05, 4.69) is 5.32 Å². The molecule has 0 fully saturated rings. The third kappa shape index (κ3) is 2.28. The Morgan fingerprint density at radius 1 is 1.15 bits per heavy atom. The number of benzene rings is 2. The number of carbonyl (C=O) groups excluding carboxylic acids is 1. The molecule has 0 aliphatic rings. The largest absolute Gasteiger partial charge is 0.351 e. The summed E-state index contributed by atoms with van der Waals surface area (Å²) in [5.41, 5.74) is 2.33. The molecule has 0 unspecified atom stereocenters. The highest BCUT2D eigenvalue weighted by molar-refractivity contribution is 6.33. The molecule has 0 bridgehead atoms. The van der Waals surface area contributed by atoms with E-state index in [0.29, 0.717) is 16.3 Å². The summed E-state index contributed by atoms with van der Waals surface area (Å²) in [5.74, 6) is -0.163. The molecule has 0 spiro atoms. The van der Waals surface area contributed by atoms with Gasteiger partial charge in [-0.05, 0) is 36.4 Å². The predicted octanol–water partition coefficient (Wildman–Crippen LogP) is 4.08. The number of hydrogen-bond acceptors (Lipinski definition) is 1. The highest BCUT2D eigenvalue weighted by Gasteiger charge is 2.09. The molecule has 4 heteroatoms. The Kier molecular flexibility index (Phi) is 3.20. The Balaban J connectivity index is 1.91. The Morgan fingerprint density at radius 2 is 1.95 bits per heavy atom. The van der Waals surface area contributed by atoms with Crippen molar-refractivity contribution < 1.29 is 4.79 Å². The second-order valence-corrected chi connectivity index (χ2v) is 5.04. The van der Waals surface area contributed by atoms with Crippen molar-refractivity contribution in [2.75, 3.05) is 5.32 Å². The molecule has 3 aromatic rings. The van der Waals surface area contributed by atoms with E-state index in [1.807, 2.05) is 54.2 Å². The lowest BCUT2D eigenvalue weighted by Crippen LogP contribution is -2.12. The third-order valence-electron chi connectivity index (χ3n) is 3.27.